The average Bonchev–Trinajstić information content (AvgIpc) is 2.79. The van der Waals surface area contributed by atoms with E-state index < -0.39 is 0 Å². The van der Waals surface area contributed by atoms with Crippen LogP contribution in [0.2, 0.25) is 5.02 Å². The van der Waals surface area contributed by atoms with E-state index in [1.807, 2.05) is 33.0 Å². The molecule has 1 unspecified atom stereocenters. The van der Waals surface area contributed by atoms with Gasteiger partial charge in [0, 0.05) is 16.7 Å². The fraction of sp³-hybridized carbons (Fsp3) is 0.375. The molecule has 1 heterocycles. The Morgan fingerprint density at radius 3 is 2.14 bits per heavy atom. The van der Waals surface area contributed by atoms with Crippen LogP contribution in [-0.4, -0.2) is 21.3 Å². The molecule has 2 aromatic rings. The number of hydrogen-bond donors (Lipinski definition) is 1. The van der Waals surface area contributed by atoms with Crippen molar-refractivity contribution in [2.75, 3.05) is 21.3 Å². The van der Waals surface area contributed by atoms with Crippen LogP contribution in [0.3, 0.4) is 0 Å². The first kappa shape index (κ1) is 15.7. The SMILES string of the molecule is CNC(c1cc(OC)c(OC)cc1Cl)c1cc(C)oc1C. The molecule has 1 atom stereocenters. The minimum absolute atomic E-state index is 0.0743. The Hall–Kier alpha value is -1.65. The summed E-state index contributed by atoms with van der Waals surface area (Å²) in [6.45, 7) is 3.88. The Morgan fingerprint density at radius 1 is 1.05 bits per heavy atom. The van der Waals surface area contributed by atoms with Gasteiger partial charge in [-0.1, -0.05) is 11.6 Å². The Balaban J connectivity index is 2.54. The molecule has 0 saturated heterocycles. The van der Waals surface area contributed by atoms with Crippen LogP contribution < -0.4 is 14.8 Å². The molecule has 4 nitrogen and oxygen atoms in total. The van der Waals surface area contributed by atoms with Crippen LogP contribution in [0.15, 0.2) is 22.6 Å². The molecule has 2 rings (SSSR count). The fourth-order valence-electron chi connectivity index (χ4n) is 2.51. The second-order valence-electron chi connectivity index (χ2n) is 4.82. The summed E-state index contributed by atoms with van der Waals surface area (Å²) in [4.78, 5) is 0. The smallest absolute Gasteiger partial charge is 0.162 e. The van der Waals surface area contributed by atoms with Crippen molar-refractivity contribution < 1.29 is 13.9 Å². The highest BCUT2D eigenvalue weighted by molar-refractivity contribution is 6.31. The van der Waals surface area contributed by atoms with Crippen LogP contribution in [0, 0.1) is 13.8 Å². The highest BCUT2D eigenvalue weighted by Gasteiger charge is 2.22. The van der Waals surface area contributed by atoms with Gasteiger partial charge in [0.1, 0.15) is 11.5 Å². The minimum Gasteiger partial charge on any atom is -0.493 e. The highest BCUT2D eigenvalue weighted by Crippen LogP contribution is 2.38. The largest absolute Gasteiger partial charge is 0.493 e. The number of ether oxygens (including phenoxy) is 2. The van der Waals surface area contributed by atoms with Crippen molar-refractivity contribution in [3.63, 3.8) is 0 Å². The number of furan rings is 1. The van der Waals surface area contributed by atoms with E-state index in [0.717, 1.165) is 22.6 Å². The number of aryl methyl sites for hydroxylation is 2. The van der Waals surface area contributed by atoms with Crippen molar-refractivity contribution >= 4 is 11.6 Å². The summed E-state index contributed by atoms with van der Waals surface area (Å²) >= 11 is 6.41. The molecule has 114 valence electrons. The molecule has 1 N–H and O–H groups in total. The van der Waals surface area contributed by atoms with Gasteiger partial charge in [-0.05, 0) is 38.6 Å². The van der Waals surface area contributed by atoms with Gasteiger partial charge in [-0.15, -0.1) is 0 Å². The zero-order chi connectivity index (χ0) is 15.6. The number of rotatable bonds is 5. The topological polar surface area (TPSA) is 43.6 Å². The van der Waals surface area contributed by atoms with E-state index in [9.17, 15) is 0 Å². The number of nitrogens with one attached hydrogen (secondary N) is 1. The third-order valence-corrected chi connectivity index (χ3v) is 3.82. The van der Waals surface area contributed by atoms with Gasteiger partial charge < -0.3 is 19.2 Å². The van der Waals surface area contributed by atoms with Crippen molar-refractivity contribution in [1.82, 2.24) is 5.32 Å². The Labute approximate surface area is 130 Å². The molecular formula is C16H20ClNO3. The first-order valence-electron chi connectivity index (χ1n) is 6.67. The van der Waals surface area contributed by atoms with E-state index in [-0.39, 0.29) is 6.04 Å². The fourth-order valence-corrected chi connectivity index (χ4v) is 2.77. The van der Waals surface area contributed by atoms with E-state index in [0.29, 0.717) is 16.5 Å². The van der Waals surface area contributed by atoms with Crippen molar-refractivity contribution in [3.05, 3.63) is 45.9 Å². The normalized spacial score (nSPS) is 12.3. The summed E-state index contributed by atoms with van der Waals surface area (Å²) in [7, 11) is 5.09. The molecule has 0 saturated carbocycles. The molecule has 1 aromatic carbocycles. The number of benzene rings is 1. The van der Waals surface area contributed by atoms with Crippen LogP contribution in [-0.2, 0) is 0 Å². The summed E-state index contributed by atoms with van der Waals surface area (Å²) in [5, 5.41) is 3.89. The van der Waals surface area contributed by atoms with Gasteiger partial charge in [-0.3, -0.25) is 0 Å². The highest BCUT2D eigenvalue weighted by atomic mass is 35.5. The lowest BCUT2D eigenvalue weighted by Gasteiger charge is -2.19. The zero-order valence-electron chi connectivity index (χ0n) is 12.9. The molecule has 0 amide bonds. The second-order valence-corrected chi connectivity index (χ2v) is 5.23. The molecule has 21 heavy (non-hydrogen) atoms. The van der Waals surface area contributed by atoms with Crippen molar-refractivity contribution in [2.45, 2.75) is 19.9 Å². The third kappa shape index (κ3) is 3.01. The second kappa shape index (κ2) is 6.41. The first-order chi connectivity index (χ1) is 10.0. The minimum atomic E-state index is -0.0743. The van der Waals surface area contributed by atoms with Crippen molar-refractivity contribution in [1.29, 1.82) is 0 Å². The lowest BCUT2D eigenvalue weighted by molar-refractivity contribution is 0.354. The van der Waals surface area contributed by atoms with E-state index in [4.69, 9.17) is 25.5 Å². The Kier molecular flexibility index (Phi) is 4.80. The molecule has 0 aliphatic rings. The van der Waals surface area contributed by atoms with E-state index in [1.54, 1.807) is 20.3 Å². The maximum atomic E-state index is 6.41. The van der Waals surface area contributed by atoms with Gasteiger partial charge in [-0.2, -0.15) is 0 Å². The molecule has 0 aliphatic carbocycles. The van der Waals surface area contributed by atoms with Crippen LogP contribution in [0.1, 0.15) is 28.7 Å². The van der Waals surface area contributed by atoms with Crippen LogP contribution in [0.4, 0.5) is 0 Å². The van der Waals surface area contributed by atoms with Crippen molar-refractivity contribution in [3.8, 4) is 11.5 Å². The van der Waals surface area contributed by atoms with E-state index in [2.05, 4.69) is 5.32 Å². The molecule has 0 spiro atoms. The standard InChI is InChI=1S/C16H20ClNO3/c1-9-6-11(10(2)21-9)16(18-3)12-7-14(19-4)15(20-5)8-13(12)17/h6-8,16,18H,1-5H3. The Bertz CT molecular complexity index is 637. The average molecular weight is 310 g/mol. The predicted octanol–water partition coefficient (Wildman–Crippen LogP) is 3.88. The van der Waals surface area contributed by atoms with E-state index in [1.165, 1.54) is 0 Å². The quantitative estimate of drug-likeness (QED) is 0.910. The summed E-state index contributed by atoms with van der Waals surface area (Å²) in [5.74, 6) is 3.01. The summed E-state index contributed by atoms with van der Waals surface area (Å²) in [6, 6.07) is 5.60. The third-order valence-electron chi connectivity index (χ3n) is 3.49. The van der Waals surface area contributed by atoms with Gasteiger partial charge in [0.05, 0.1) is 20.3 Å². The van der Waals surface area contributed by atoms with Gasteiger partial charge >= 0.3 is 0 Å². The molecule has 1 aromatic heterocycles. The maximum Gasteiger partial charge on any atom is 0.162 e. The van der Waals surface area contributed by atoms with Gasteiger partial charge in [0.25, 0.3) is 0 Å². The van der Waals surface area contributed by atoms with Gasteiger partial charge in [0.15, 0.2) is 11.5 Å². The number of methoxy groups -OCH3 is 2. The molecule has 0 fully saturated rings. The maximum absolute atomic E-state index is 6.41. The monoisotopic (exact) mass is 309 g/mol. The van der Waals surface area contributed by atoms with Crippen LogP contribution in [0.25, 0.3) is 0 Å². The first-order valence-corrected chi connectivity index (χ1v) is 7.05. The molecule has 0 radical (unpaired) electrons. The molecule has 0 bridgehead atoms. The van der Waals surface area contributed by atoms with Gasteiger partial charge in [-0.25, -0.2) is 0 Å². The van der Waals surface area contributed by atoms with Gasteiger partial charge in [0.2, 0.25) is 0 Å². The van der Waals surface area contributed by atoms with Crippen LogP contribution in [0.5, 0.6) is 11.5 Å². The van der Waals surface area contributed by atoms with E-state index >= 15 is 0 Å². The molecule has 5 heteroatoms. The lowest BCUT2D eigenvalue weighted by Crippen LogP contribution is -2.18. The molecular weight excluding hydrogens is 290 g/mol. The zero-order valence-corrected chi connectivity index (χ0v) is 13.7. The van der Waals surface area contributed by atoms with Crippen LogP contribution >= 0.6 is 11.6 Å². The van der Waals surface area contributed by atoms with Crippen molar-refractivity contribution in [2.24, 2.45) is 0 Å². The predicted molar refractivity (Wildman–Crippen MR) is 83.6 cm³/mol. The number of hydrogen-bond acceptors (Lipinski definition) is 4. The number of halogens is 1. The summed E-state index contributed by atoms with van der Waals surface area (Å²) in [6.07, 6.45) is 0. The lowest BCUT2D eigenvalue weighted by atomic mass is 9.98. The summed E-state index contributed by atoms with van der Waals surface area (Å²) in [5.41, 5.74) is 1.98. The molecule has 0 aliphatic heterocycles. The Morgan fingerprint density at radius 2 is 1.67 bits per heavy atom. The summed E-state index contributed by atoms with van der Waals surface area (Å²) < 4.78 is 16.3.